The number of benzene rings is 2. The first-order chi connectivity index (χ1) is 11.1. The highest BCUT2D eigenvalue weighted by molar-refractivity contribution is 6.31. The van der Waals surface area contributed by atoms with Crippen LogP contribution in [0.1, 0.15) is 11.1 Å². The van der Waals surface area contributed by atoms with Crippen molar-refractivity contribution in [1.29, 1.82) is 0 Å². The average Bonchev–Trinajstić information content (AvgIpc) is 2.52. The van der Waals surface area contributed by atoms with Gasteiger partial charge in [-0.15, -0.1) is 5.10 Å². The van der Waals surface area contributed by atoms with Crippen LogP contribution in [0.25, 0.3) is 0 Å². The van der Waals surface area contributed by atoms with Gasteiger partial charge in [0.1, 0.15) is 0 Å². The molecule has 0 aliphatic carbocycles. The van der Waals surface area contributed by atoms with Gasteiger partial charge >= 0.3 is 0 Å². The van der Waals surface area contributed by atoms with Crippen molar-refractivity contribution in [2.24, 2.45) is 0 Å². The Bertz CT molecular complexity index is 835. The van der Waals surface area contributed by atoms with Crippen molar-refractivity contribution in [2.45, 2.75) is 13.8 Å². The summed E-state index contributed by atoms with van der Waals surface area (Å²) in [7, 11) is 0. The Balaban J connectivity index is 1.81. The van der Waals surface area contributed by atoms with E-state index in [0.717, 1.165) is 16.9 Å². The van der Waals surface area contributed by atoms with Gasteiger partial charge in [0.05, 0.1) is 6.20 Å². The van der Waals surface area contributed by atoms with Gasteiger partial charge < -0.3 is 10.6 Å². The van der Waals surface area contributed by atoms with E-state index in [0.29, 0.717) is 16.8 Å². The molecule has 3 aromatic rings. The predicted octanol–water partition coefficient (Wildman–Crippen LogP) is 4.63. The van der Waals surface area contributed by atoms with Crippen molar-refractivity contribution >= 4 is 34.7 Å². The normalized spacial score (nSPS) is 10.4. The molecule has 2 N–H and O–H groups in total. The zero-order chi connectivity index (χ0) is 16.2. The van der Waals surface area contributed by atoms with Crippen LogP contribution in [0.5, 0.6) is 0 Å². The molecular weight excluding hydrogens is 310 g/mol. The van der Waals surface area contributed by atoms with Crippen LogP contribution < -0.4 is 10.6 Å². The molecule has 0 spiro atoms. The maximum absolute atomic E-state index is 6.12. The van der Waals surface area contributed by atoms with Gasteiger partial charge in [0, 0.05) is 16.4 Å². The number of aryl methyl sites for hydroxylation is 1. The molecule has 0 unspecified atom stereocenters. The van der Waals surface area contributed by atoms with Gasteiger partial charge in [-0.2, -0.15) is 10.1 Å². The molecule has 0 saturated heterocycles. The quantitative estimate of drug-likeness (QED) is 0.732. The summed E-state index contributed by atoms with van der Waals surface area (Å²) in [4.78, 5) is 4.42. The van der Waals surface area contributed by atoms with Crippen molar-refractivity contribution in [1.82, 2.24) is 15.2 Å². The topological polar surface area (TPSA) is 62.7 Å². The van der Waals surface area contributed by atoms with E-state index in [1.54, 1.807) is 6.20 Å². The molecule has 5 nitrogen and oxygen atoms in total. The Morgan fingerprint density at radius 2 is 1.83 bits per heavy atom. The Morgan fingerprint density at radius 1 is 1.00 bits per heavy atom. The van der Waals surface area contributed by atoms with Gasteiger partial charge in [-0.05, 0) is 49.2 Å². The second kappa shape index (κ2) is 6.62. The summed E-state index contributed by atoms with van der Waals surface area (Å²) in [6.07, 6.45) is 1.58. The SMILES string of the molecule is Cc1cccc(Nc2cnnc(Nc3cccc(Cl)c3C)n2)c1. The molecular formula is C17H16ClN5. The molecule has 0 bridgehead atoms. The molecule has 0 aliphatic heterocycles. The molecule has 0 fully saturated rings. The fourth-order valence-electron chi connectivity index (χ4n) is 2.15. The Morgan fingerprint density at radius 3 is 2.65 bits per heavy atom. The Hall–Kier alpha value is -2.66. The first kappa shape index (κ1) is 15.2. The molecule has 1 aromatic heterocycles. The minimum atomic E-state index is 0.410. The van der Waals surface area contributed by atoms with Crippen molar-refractivity contribution in [3.8, 4) is 0 Å². The van der Waals surface area contributed by atoms with Crippen LogP contribution in [-0.4, -0.2) is 15.2 Å². The third-order valence-corrected chi connectivity index (χ3v) is 3.77. The van der Waals surface area contributed by atoms with Gasteiger partial charge in [-0.1, -0.05) is 29.8 Å². The van der Waals surface area contributed by atoms with E-state index >= 15 is 0 Å². The summed E-state index contributed by atoms with van der Waals surface area (Å²) in [6.45, 7) is 3.98. The summed E-state index contributed by atoms with van der Waals surface area (Å²) < 4.78 is 0. The van der Waals surface area contributed by atoms with Crippen LogP contribution >= 0.6 is 11.6 Å². The summed E-state index contributed by atoms with van der Waals surface area (Å²) in [5, 5.41) is 15.0. The number of hydrogen-bond donors (Lipinski definition) is 2. The lowest BCUT2D eigenvalue weighted by molar-refractivity contribution is 0.981. The fourth-order valence-corrected chi connectivity index (χ4v) is 2.33. The first-order valence-electron chi connectivity index (χ1n) is 7.17. The molecule has 2 aromatic carbocycles. The van der Waals surface area contributed by atoms with E-state index in [4.69, 9.17) is 11.6 Å². The molecule has 1 heterocycles. The van der Waals surface area contributed by atoms with Crippen LogP contribution in [0, 0.1) is 13.8 Å². The number of aromatic nitrogens is 3. The van der Waals surface area contributed by atoms with Crippen molar-refractivity contribution < 1.29 is 0 Å². The second-order valence-corrected chi connectivity index (χ2v) is 5.60. The van der Waals surface area contributed by atoms with E-state index < -0.39 is 0 Å². The molecule has 0 amide bonds. The molecule has 0 saturated carbocycles. The Kier molecular flexibility index (Phi) is 4.39. The monoisotopic (exact) mass is 325 g/mol. The van der Waals surface area contributed by atoms with Gasteiger partial charge in [0.25, 0.3) is 0 Å². The number of nitrogens with one attached hydrogen (secondary N) is 2. The number of anilines is 4. The van der Waals surface area contributed by atoms with Gasteiger partial charge in [0.15, 0.2) is 5.82 Å². The summed E-state index contributed by atoms with van der Waals surface area (Å²) in [5.74, 6) is 1.03. The van der Waals surface area contributed by atoms with Gasteiger partial charge in [-0.3, -0.25) is 0 Å². The molecule has 3 rings (SSSR count). The van der Waals surface area contributed by atoms with E-state index in [-0.39, 0.29) is 0 Å². The summed E-state index contributed by atoms with van der Waals surface area (Å²) in [6, 6.07) is 13.7. The summed E-state index contributed by atoms with van der Waals surface area (Å²) in [5.41, 5.74) is 3.92. The highest BCUT2D eigenvalue weighted by Crippen LogP contribution is 2.25. The minimum Gasteiger partial charge on any atom is -0.339 e. The van der Waals surface area contributed by atoms with Crippen molar-refractivity contribution in [3.63, 3.8) is 0 Å². The maximum atomic E-state index is 6.12. The van der Waals surface area contributed by atoms with E-state index in [2.05, 4.69) is 25.8 Å². The Labute approximate surface area is 139 Å². The highest BCUT2D eigenvalue weighted by atomic mass is 35.5. The van der Waals surface area contributed by atoms with Gasteiger partial charge in [0.2, 0.25) is 5.95 Å². The van der Waals surface area contributed by atoms with E-state index in [9.17, 15) is 0 Å². The lowest BCUT2D eigenvalue weighted by Crippen LogP contribution is -2.03. The average molecular weight is 326 g/mol. The number of halogens is 1. The van der Waals surface area contributed by atoms with Crippen LogP contribution in [-0.2, 0) is 0 Å². The standard InChI is InChI=1S/C17H16ClN5/c1-11-5-3-6-13(9-11)20-16-10-19-23-17(22-16)21-15-8-4-7-14(18)12(15)2/h3-10H,1-2H3,(H2,20,21,22,23). The molecule has 0 aliphatic rings. The third-order valence-electron chi connectivity index (χ3n) is 3.36. The predicted molar refractivity (Wildman–Crippen MR) is 93.8 cm³/mol. The number of rotatable bonds is 4. The first-order valence-corrected chi connectivity index (χ1v) is 7.55. The fraction of sp³-hybridized carbons (Fsp3) is 0.118. The van der Waals surface area contributed by atoms with E-state index in [1.807, 2.05) is 56.3 Å². The zero-order valence-corrected chi connectivity index (χ0v) is 13.6. The lowest BCUT2D eigenvalue weighted by atomic mass is 10.2. The molecule has 0 atom stereocenters. The van der Waals surface area contributed by atoms with Crippen LogP contribution in [0.2, 0.25) is 5.02 Å². The maximum Gasteiger partial charge on any atom is 0.249 e. The number of hydrogen-bond acceptors (Lipinski definition) is 5. The molecule has 0 radical (unpaired) electrons. The smallest absolute Gasteiger partial charge is 0.249 e. The lowest BCUT2D eigenvalue weighted by Gasteiger charge is -2.10. The third kappa shape index (κ3) is 3.76. The van der Waals surface area contributed by atoms with Crippen LogP contribution in [0.4, 0.5) is 23.1 Å². The van der Waals surface area contributed by atoms with Crippen LogP contribution in [0.3, 0.4) is 0 Å². The van der Waals surface area contributed by atoms with Gasteiger partial charge in [-0.25, -0.2) is 0 Å². The van der Waals surface area contributed by atoms with E-state index in [1.165, 1.54) is 5.56 Å². The molecule has 6 heteroatoms. The van der Waals surface area contributed by atoms with Crippen LogP contribution in [0.15, 0.2) is 48.7 Å². The molecule has 23 heavy (non-hydrogen) atoms. The highest BCUT2D eigenvalue weighted by Gasteiger charge is 2.06. The molecule has 116 valence electrons. The second-order valence-electron chi connectivity index (χ2n) is 5.20. The zero-order valence-electron chi connectivity index (χ0n) is 12.8. The number of nitrogens with zero attached hydrogens (tertiary/aromatic N) is 3. The van der Waals surface area contributed by atoms with Crippen molar-refractivity contribution in [3.05, 3.63) is 64.8 Å². The largest absolute Gasteiger partial charge is 0.339 e. The summed E-state index contributed by atoms with van der Waals surface area (Å²) >= 11 is 6.12. The minimum absolute atomic E-state index is 0.410. The van der Waals surface area contributed by atoms with Crippen molar-refractivity contribution in [2.75, 3.05) is 10.6 Å².